The van der Waals surface area contributed by atoms with Gasteiger partial charge in [0.2, 0.25) is 5.79 Å². The van der Waals surface area contributed by atoms with E-state index in [0.29, 0.717) is 6.42 Å². The van der Waals surface area contributed by atoms with E-state index in [4.69, 9.17) is 14.9 Å². The molecule has 0 bridgehead atoms. The van der Waals surface area contributed by atoms with Crippen LogP contribution in [0.4, 0.5) is 4.79 Å². The smallest absolute Gasteiger partial charge is 0.450 e. The van der Waals surface area contributed by atoms with Crippen LogP contribution in [0.2, 0.25) is 0 Å². The van der Waals surface area contributed by atoms with Crippen LogP contribution in [0.1, 0.15) is 57.8 Å². The number of hydrogen-bond donors (Lipinski definition) is 1. The summed E-state index contributed by atoms with van der Waals surface area (Å²) in [6.07, 6.45) is -0.109. The van der Waals surface area contributed by atoms with Crippen molar-refractivity contribution in [2.45, 2.75) is 59.4 Å². The van der Waals surface area contributed by atoms with Crippen LogP contribution in [0.15, 0.2) is 30.3 Å². The van der Waals surface area contributed by atoms with Crippen LogP contribution < -0.4 is 0 Å². The molecule has 0 radical (unpaired) electrons. The minimum absolute atomic E-state index is 0.0864. The summed E-state index contributed by atoms with van der Waals surface area (Å²) < 4.78 is 4.40. The first kappa shape index (κ1) is 21.1. The fourth-order valence-electron chi connectivity index (χ4n) is 1.32. The Morgan fingerprint density at radius 2 is 1.74 bits per heavy atom. The second kappa shape index (κ2) is 10.7. The number of ketones is 1. The third kappa shape index (κ3) is 10.4. The zero-order chi connectivity index (χ0) is 17.9. The second-order valence-electron chi connectivity index (χ2n) is 5.31. The number of rotatable bonds is 7. The van der Waals surface area contributed by atoms with Crippen LogP contribution in [0.5, 0.6) is 0 Å². The minimum atomic E-state index is -1.39. The maximum absolute atomic E-state index is 11.0. The summed E-state index contributed by atoms with van der Waals surface area (Å²) in [6.45, 7) is 8.54. The van der Waals surface area contributed by atoms with Gasteiger partial charge in [0.15, 0.2) is 5.78 Å². The highest BCUT2D eigenvalue weighted by Crippen LogP contribution is 2.13. The van der Waals surface area contributed by atoms with Crippen molar-refractivity contribution in [3.05, 3.63) is 35.9 Å². The molecular formula is C17H26O6. The lowest BCUT2D eigenvalue weighted by Crippen LogP contribution is -2.32. The van der Waals surface area contributed by atoms with Gasteiger partial charge in [0, 0.05) is 25.8 Å². The number of carbonyl (C=O) groups excluding carboxylic acids is 1. The van der Waals surface area contributed by atoms with E-state index >= 15 is 0 Å². The zero-order valence-electron chi connectivity index (χ0n) is 14.4. The van der Waals surface area contributed by atoms with Crippen molar-refractivity contribution in [2.24, 2.45) is 0 Å². The molecule has 130 valence electrons. The van der Waals surface area contributed by atoms with Crippen LogP contribution in [0.3, 0.4) is 0 Å². The van der Waals surface area contributed by atoms with E-state index in [9.17, 15) is 9.59 Å². The summed E-state index contributed by atoms with van der Waals surface area (Å²) in [5.41, 5.74) is 0.810. The van der Waals surface area contributed by atoms with Crippen LogP contribution >= 0.6 is 0 Å². The lowest BCUT2D eigenvalue weighted by atomic mass is 10.1. The zero-order valence-corrected chi connectivity index (χ0v) is 14.4. The monoisotopic (exact) mass is 326 g/mol. The van der Waals surface area contributed by atoms with Gasteiger partial charge >= 0.3 is 6.16 Å². The average molecular weight is 326 g/mol. The van der Waals surface area contributed by atoms with E-state index in [1.165, 1.54) is 13.8 Å². The topological polar surface area (TPSA) is 82.1 Å². The van der Waals surface area contributed by atoms with Crippen molar-refractivity contribution in [3.8, 4) is 0 Å². The lowest BCUT2D eigenvalue weighted by Gasteiger charge is -2.23. The Balaban J connectivity index is 0.000000433. The van der Waals surface area contributed by atoms with Crippen molar-refractivity contribution < 1.29 is 29.2 Å². The van der Waals surface area contributed by atoms with Gasteiger partial charge in [0.25, 0.3) is 0 Å². The molecule has 0 spiro atoms. The highest BCUT2D eigenvalue weighted by molar-refractivity contribution is 5.95. The summed E-state index contributed by atoms with van der Waals surface area (Å²) in [4.78, 5) is 30.8. The molecule has 0 heterocycles. The summed E-state index contributed by atoms with van der Waals surface area (Å²) in [6, 6.07) is 9.34. The van der Waals surface area contributed by atoms with Gasteiger partial charge in [0.1, 0.15) is 0 Å². The normalized spacial score (nSPS) is 11.9. The minimum Gasteiger partial charge on any atom is -0.450 e. The Labute approximate surface area is 137 Å². The van der Waals surface area contributed by atoms with E-state index in [2.05, 4.69) is 4.74 Å². The standard InChI is InChI=1S/C9H10O.C8H16O5/c1-2-9(10)8-6-4-3-5-7-8;1-5-6(2)12-13-8(3,4)11-7(9)10/h3-7H,2H2,1H3;6H,5H2,1-4H3,(H,9,10). The van der Waals surface area contributed by atoms with Crippen molar-refractivity contribution in [2.75, 3.05) is 0 Å². The summed E-state index contributed by atoms with van der Waals surface area (Å²) >= 11 is 0. The Morgan fingerprint density at radius 3 is 2.17 bits per heavy atom. The fraction of sp³-hybridized carbons (Fsp3) is 0.529. The van der Waals surface area contributed by atoms with Crippen molar-refractivity contribution in [3.63, 3.8) is 0 Å². The number of benzene rings is 1. The lowest BCUT2D eigenvalue weighted by molar-refractivity contribution is -0.422. The molecule has 0 fully saturated rings. The van der Waals surface area contributed by atoms with Gasteiger partial charge in [-0.25, -0.2) is 9.68 Å². The number of ether oxygens (including phenoxy) is 1. The van der Waals surface area contributed by atoms with Gasteiger partial charge < -0.3 is 9.84 Å². The summed E-state index contributed by atoms with van der Waals surface area (Å²) in [5, 5.41) is 8.31. The number of carbonyl (C=O) groups is 2. The number of Topliss-reactive ketones (excluding diaryl/α,β-unsaturated/α-hetero) is 1. The molecule has 0 amide bonds. The predicted molar refractivity (Wildman–Crippen MR) is 86.2 cm³/mol. The van der Waals surface area contributed by atoms with E-state index < -0.39 is 11.9 Å². The quantitative estimate of drug-likeness (QED) is 0.262. The van der Waals surface area contributed by atoms with Crippen molar-refractivity contribution >= 4 is 11.9 Å². The van der Waals surface area contributed by atoms with Gasteiger partial charge in [-0.1, -0.05) is 44.2 Å². The third-order valence-corrected chi connectivity index (χ3v) is 2.74. The predicted octanol–water partition coefficient (Wildman–Crippen LogP) is 4.44. The molecule has 0 saturated heterocycles. The van der Waals surface area contributed by atoms with Gasteiger partial charge in [-0.2, -0.15) is 4.89 Å². The molecule has 0 aliphatic heterocycles. The molecule has 23 heavy (non-hydrogen) atoms. The Hall–Kier alpha value is -1.92. The van der Waals surface area contributed by atoms with Gasteiger partial charge in [-0.3, -0.25) is 4.79 Å². The molecule has 1 N–H and O–H groups in total. The second-order valence-corrected chi connectivity index (χ2v) is 5.31. The molecule has 6 heteroatoms. The molecular weight excluding hydrogens is 300 g/mol. The highest BCUT2D eigenvalue weighted by atomic mass is 17.2. The van der Waals surface area contributed by atoms with Gasteiger partial charge in [-0.15, -0.1) is 0 Å². The third-order valence-electron chi connectivity index (χ3n) is 2.74. The van der Waals surface area contributed by atoms with Crippen LogP contribution in [0.25, 0.3) is 0 Å². The average Bonchev–Trinajstić information content (AvgIpc) is 2.52. The molecule has 0 aliphatic carbocycles. The molecule has 0 aliphatic rings. The van der Waals surface area contributed by atoms with Crippen molar-refractivity contribution in [1.29, 1.82) is 0 Å². The summed E-state index contributed by atoms with van der Waals surface area (Å²) in [5.74, 6) is -1.06. The van der Waals surface area contributed by atoms with E-state index in [0.717, 1.165) is 12.0 Å². The largest absolute Gasteiger partial charge is 0.508 e. The van der Waals surface area contributed by atoms with E-state index in [1.807, 2.05) is 51.1 Å². The fourth-order valence-corrected chi connectivity index (χ4v) is 1.32. The first-order valence-corrected chi connectivity index (χ1v) is 7.56. The summed E-state index contributed by atoms with van der Waals surface area (Å²) in [7, 11) is 0. The molecule has 1 rings (SSSR count). The highest BCUT2D eigenvalue weighted by Gasteiger charge is 2.25. The van der Waals surface area contributed by atoms with E-state index in [-0.39, 0.29) is 11.9 Å². The maximum Gasteiger partial charge on any atom is 0.508 e. The molecule has 1 unspecified atom stereocenters. The SMILES string of the molecule is CCC(=O)c1ccccc1.CCC(C)OOC(C)(C)OC(=O)O. The molecule has 0 saturated carbocycles. The first-order valence-electron chi connectivity index (χ1n) is 7.56. The maximum atomic E-state index is 11.0. The van der Waals surface area contributed by atoms with Crippen molar-refractivity contribution in [1.82, 2.24) is 0 Å². The number of carboxylic acid groups (broad SMARTS) is 1. The van der Waals surface area contributed by atoms with Crippen LogP contribution in [-0.4, -0.2) is 28.9 Å². The molecule has 1 atom stereocenters. The Kier molecular flexibility index (Phi) is 9.85. The Morgan fingerprint density at radius 1 is 1.17 bits per heavy atom. The molecule has 1 aromatic carbocycles. The molecule has 0 aromatic heterocycles. The van der Waals surface area contributed by atoms with Crippen LogP contribution in [-0.2, 0) is 14.5 Å². The van der Waals surface area contributed by atoms with Gasteiger partial charge in [0.05, 0.1) is 6.10 Å². The molecule has 1 aromatic rings. The molecule has 6 nitrogen and oxygen atoms in total. The first-order chi connectivity index (χ1) is 10.7. The Bertz CT molecular complexity index is 469. The van der Waals surface area contributed by atoms with Crippen LogP contribution in [0, 0.1) is 0 Å². The van der Waals surface area contributed by atoms with E-state index in [1.54, 1.807) is 0 Å². The van der Waals surface area contributed by atoms with Gasteiger partial charge in [-0.05, 0) is 13.3 Å². The number of hydrogen-bond acceptors (Lipinski definition) is 5.